The molecule has 11 nitrogen and oxygen atoms in total. The zero-order valence-electron chi connectivity index (χ0n) is 17.4. The number of carbonyl (C=O) groups is 3. The summed E-state index contributed by atoms with van der Waals surface area (Å²) in [5.74, 6) is -5.50. The Balaban J connectivity index is 2.05. The Morgan fingerprint density at radius 2 is 1.64 bits per heavy atom. The predicted molar refractivity (Wildman–Crippen MR) is 114 cm³/mol. The highest BCUT2D eigenvalue weighted by Crippen LogP contribution is 2.41. The molecular weight excluding hydrogens is 434 g/mol. The van der Waals surface area contributed by atoms with Crippen LogP contribution in [0.15, 0.2) is 57.7 Å². The van der Waals surface area contributed by atoms with Crippen molar-refractivity contribution in [2.45, 2.75) is 5.92 Å². The minimum Gasteiger partial charge on any atom is -0.507 e. The van der Waals surface area contributed by atoms with Crippen molar-refractivity contribution in [1.29, 1.82) is 0 Å². The first kappa shape index (κ1) is 21.7. The first-order valence-corrected chi connectivity index (χ1v) is 9.71. The quantitative estimate of drug-likeness (QED) is 0.274. The van der Waals surface area contributed by atoms with Crippen LogP contribution in [0.5, 0.6) is 5.75 Å². The lowest BCUT2D eigenvalue weighted by atomic mass is 9.78. The number of imide groups is 2. The summed E-state index contributed by atoms with van der Waals surface area (Å²) in [6.45, 7) is 0. The van der Waals surface area contributed by atoms with Crippen LogP contribution >= 0.6 is 0 Å². The molecule has 0 aliphatic carbocycles. The third kappa shape index (κ3) is 3.39. The number of hydrogen-bond acceptors (Lipinski definition) is 8. The second-order valence-electron chi connectivity index (χ2n) is 7.53. The van der Waals surface area contributed by atoms with Gasteiger partial charge in [0.15, 0.2) is 0 Å². The Labute approximate surface area is 185 Å². The van der Waals surface area contributed by atoms with Crippen molar-refractivity contribution in [2.75, 3.05) is 14.1 Å². The van der Waals surface area contributed by atoms with Gasteiger partial charge in [0, 0.05) is 32.1 Å². The van der Waals surface area contributed by atoms with E-state index in [1.165, 1.54) is 44.4 Å². The fraction of sp³-hybridized carbons (Fsp3) is 0.182. The first-order valence-electron chi connectivity index (χ1n) is 9.71. The number of barbiturate groups is 1. The van der Waals surface area contributed by atoms with Crippen molar-refractivity contribution in [3.8, 4) is 5.75 Å². The van der Waals surface area contributed by atoms with Gasteiger partial charge in [-0.1, -0.05) is 24.3 Å². The summed E-state index contributed by atoms with van der Waals surface area (Å²) < 4.78 is 5.32. The Morgan fingerprint density at radius 1 is 1.00 bits per heavy atom. The predicted octanol–water partition coefficient (Wildman–Crippen LogP) is 2.21. The largest absolute Gasteiger partial charge is 0.507 e. The van der Waals surface area contributed by atoms with Gasteiger partial charge in [-0.25, -0.2) is 9.59 Å². The van der Waals surface area contributed by atoms with E-state index in [0.717, 1.165) is 15.9 Å². The Hall–Kier alpha value is -4.54. The topological polar surface area (TPSA) is 151 Å². The Morgan fingerprint density at radius 3 is 2.27 bits per heavy atom. The summed E-state index contributed by atoms with van der Waals surface area (Å²) in [5.41, 5.74) is -1.67. The van der Waals surface area contributed by atoms with Crippen LogP contribution in [-0.2, 0) is 9.59 Å². The Bertz CT molecular complexity index is 1370. The lowest BCUT2D eigenvalue weighted by Crippen LogP contribution is -2.58. The zero-order valence-corrected chi connectivity index (χ0v) is 17.4. The summed E-state index contributed by atoms with van der Waals surface area (Å²) in [4.78, 5) is 63.5. The zero-order chi connectivity index (χ0) is 24.0. The van der Waals surface area contributed by atoms with E-state index in [1.54, 1.807) is 12.1 Å². The molecule has 1 unspecified atom stereocenters. The van der Waals surface area contributed by atoms with Crippen molar-refractivity contribution in [3.05, 3.63) is 80.2 Å². The van der Waals surface area contributed by atoms with Crippen molar-refractivity contribution in [1.82, 2.24) is 9.80 Å². The number of rotatable bonds is 4. The molecule has 2 aromatic carbocycles. The van der Waals surface area contributed by atoms with E-state index in [0.29, 0.717) is 0 Å². The molecule has 33 heavy (non-hydrogen) atoms. The standard InChI is InChI=1S/C22H17N3O8/c1-23-19(27)17(20(28)24(2)22(23)30)15(11-6-5-7-12(10-11)25(31)32)16-18(26)13-8-3-4-9-14(13)33-21(16)29/h3-10,15,17,26H,1-2H3. The second kappa shape index (κ2) is 7.86. The number of aromatic hydroxyl groups is 1. The van der Waals surface area contributed by atoms with Crippen LogP contribution in [-0.4, -0.2) is 51.8 Å². The highest BCUT2D eigenvalue weighted by molar-refractivity contribution is 6.16. The number of carbonyl (C=O) groups excluding carboxylic acids is 3. The lowest BCUT2D eigenvalue weighted by molar-refractivity contribution is -0.384. The van der Waals surface area contributed by atoms with Gasteiger partial charge >= 0.3 is 11.7 Å². The summed E-state index contributed by atoms with van der Waals surface area (Å²) in [6, 6.07) is 10.3. The normalized spacial score (nSPS) is 15.9. The molecular formula is C22H17N3O8. The molecule has 0 bridgehead atoms. The number of non-ortho nitro benzene ring substituents is 1. The molecule has 11 heteroatoms. The molecule has 1 aromatic heterocycles. The monoisotopic (exact) mass is 451 g/mol. The van der Waals surface area contributed by atoms with Crippen LogP contribution in [0.4, 0.5) is 10.5 Å². The summed E-state index contributed by atoms with van der Waals surface area (Å²) in [7, 11) is 2.35. The minimum absolute atomic E-state index is 0.0462. The van der Waals surface area contributed by atoms with Gasteiger partial charge in [-0.15, -0.1) is 0 Å². The van der Waals surface area contributed by atoms with Crippen LogP contribution in [0, 0.1) is 16.0 Å². The number of nitro benzene ring substituents is 1. The number of benzene rings is 2. The highest BCUT2D eigenvalue weighted by atomic mass is 16.6. The van der Waals surface area contributed by atoms with E-state index in [1.807, 2.05) is 0 Å². The summed E-state index contributed by atoms with van der Waals surface area (Å²) in [5, 5.41) is 22.5. The molecule has 0 radical (unpaired) electrons. The van der Waals surface area contributed by atoms with Gasteiger partial charge in [0.25, 0.3) is 5.69 Å². The van der Waals surface area contributed by atoms with Gasteiger partial charge in [-0.2, -0.15) is 0 Å². The van der Waals surface area contributed by atoms with E-state index in [9.17, 15) is 34.4 Å². The molecule has 4 rings (SSSR count). The van der Waals surface area contributed by atoms with Crippen molar-refractivity contribution >= 4 is 34.5 Å². The molecule has 1 N–H and O–H groups in total. The van der Waals surface area contributed by atoms with E-state index in [4.69, 9.17) is 4.42 Å². The van der Waals surface area contributed by atoms with E-state index < -0.39 is 51.5 Å². The van der Waals surface area contributed by atoms with E-state index in [2.05, 4.69) is 0 Å². The maximum Gasteiger partial charge on any atom is 0.343 e. The highest BCUT2D eigenvalue weighted by Gasteiger charge is 2.49. The van der Waals surface area contributed by atoms with Gasteiger partial charge in [-0.3, -0.25) is 29.5 Å². The fourth-order valence-electron chi connectivity index (χ4n) is 4.00. The number of nitro groups is 1. The molecule has 1 aliphatic heterocycles. The van der Waals surface area contributed by atoms with Crippen LogP contribution in [0.25, 0.3) is 11.0 Å². The molecule has 1 saturated heterocycles. The fourth-order valence-corrected chi connectivity index (χ4v) is 4.00. The van der Waals surface area contributed by atoms with Gasteiger partial charge in [0.2, 0.25) is 11.8 Å². The van der Waals surface area contributed by atoms with Crippen LogP contribution in [0.1, 0.15) is 17.0 Å². The van der Waals surface area contributed by atoms with Crippen molar-refractivity contribution < 1.29 is 28.8 Å². The average Bonchev–Trinajstić information content (AvgIpc) is 2.80. The molecule has 2 heterocycles. The third-order valence-corrected chi connectivity index (χ3v) is 5.67. The third-order valence-electron chi connectivity index (χ3n) is 5.67. The first-order chi connectivity index (χ1) is 15.6. The molecule has 4 amide bonds. The summed E-state index contributed by atoms with van der Waals surface area (Å²) >= 11 is 0. The van der Waals surface area contributed by atoms with Gasteiger partial charge in [-0.05, 0) is 17.7 Å². The van der Waals surface area contributed by atoms with E-state index >= 15 is 0 Å². The maximum absolute atomic E-state index is 13.1. The molecule has 1 fully saturated rings. The number of nitrogens with zero attached hydrogens (tertiary/aromatic N) is 3. The second-order valence-corrected chi connectivity index (χ2v) is 7.53. The van der Waals surface area contributed by atoms with E-state index in [-0.39, 0.29) is 22.2 Å². The molecule has 1 aliphatic rings. The molecule has 168 valence electrons. The number of para-hydroxylation sites is 1. The Kier molecular flexibility index (Phi) is 5.16. The molecule has 0 saturated carbocycles. The van der Waals surface area contributed by atoms with Crippen LogP contribution < -0.4 is 5.63 Å². The van der Waals surface area contributed by atoms with Gasteiger partial charge in [0.1, 0.15) is 17.3 Å². The van der Waals surface area contributed by atoms with Gasteiger partial charge < -0.3 is 9.52 Å². The average molecular weight is 451 g/mol. The van der Waals surface area contributed by atoms with Gasteiger partial charge in [0.05, 0.1) is 15.9 Å². The number of amides is 4. The number of fused-ring (bicyclic) bond motifs is 1. The smallest absolute Gasteiger partial charge is 0.343 e. The van der Waals surface area contributed by atoms with Crippen LogP contribution in [0.3, 0.4) is 0 Å². The van der Waals surface area contributed by atoms with Crippen LogP contribution in [0.2, 0.25) is 0 Å². The molecule has 0 spiro atoms. The SMILES string of the molecule is CN1C(=O)C(C(c2cccc([N+](=O)[O-])c2)c2c(O)c3ccccc3oc2=O)C(=O)N(C)C1=O. The molecule has 3 aromatic rings. The summed E-state index contributed by atoms with van der Waals surface area (Å²) in [6.07, 6.45) is 0. The van der Waals surface area contributed by atoms with Crippen molar-refractivity contribution in [3.63, 3.8) is 0 Å². The maximum atomic E-state index is 13.1. The van der Waals surface area contributed by atoms with Crippen molar-refractivity contribution in [2.24, 2.45) is 5.92 Å². The minimum atomic E-state index is -1.66. The lowest BCUT2D eigenvalue weighted by Gasteiger charge is -2.36. The number of urea groups is 1. The molecule has 1 atom stereocenters. The number of hydrogen-bond donors (Lipinski definition) is 1.